The van der Waals surface area contributed by atoms with Crippen LogP contribution < -0.4 is 10.5 Å². The summed E-state index contributed by atoms with van der Waals surface area (Å²) in [6.07, 6.45) is 2.60. The van der Waals surface area contributed by atoms with Gasteiger partial charge in [0, 0.05) is 16.8 Å². The lowest BCUT2D eigenvalue weighted by Crippen LogP contribution is -2.08. The van der Waals surface area contributed by atoms with Gasteiger partial charge < -0.3 is 10.5 Å². The van der Waals surface area contributed by atoms with Gasteiger partial charge in [-0.25, -0.2) is 9.37 Å². The maximum Gasteiger partial charge on any atom is 0.166 e. The zero-order valence-corrected chi connectivity index (χ0v) is 12.7. The van der Waals surface area contributed by atoms with Crippen LogP contribution in [0.5, 0.6) is 5.75 Å². The lowest BCUT2D eigenvalue weighted by atomic mass is 10.1. The van der Waals surface area contributed by atoms with Crippen LogP contribution in [0.1, 0.15) is 24.2 Å². The number of benzene rings is 1. The Hall–Kier alpha value is -1.78. The molecule has 21 heavy (non-hydrogen) atoms. The Morgan fingerprint density at radius 1 is 1.43 bits per heavy atom. The van der Waals surface area contributed by atoms with Gasteiger partial charge in [0.25, 0.3) is 0 Å². The van der Waals surface area contributed by atoms with Gasteiger partial charge in [0.1, 0.15) is 11.9 Å². The number of hydrogen-bond donors (Lipinski definition) is 1. The van der Waals surface area contributed by atoms with Gasteiger partial charge in [-0.2, -0.15) is 0 Å². The van der Waals surface area contributed by atoms with Crippen molar-refractivity contribution in [3.63, 3.8) is 0 Å². The van der Waals surface area contributed by atoms with E-state index in [1.807, 2.05) is 0 Å². The Morgan fingerprint density at radius 3 is 2.81 bits per heavy atom. The molecule has 2 N–H and O–H groups in total. The van der Waals surface area contributed by atoms with Crippen molar-refractivity contribution in [1.82, 2.24) is 4.98 Å². The maximum atomic E-state index is 13.6. The largest absolute Gasteiger partial charge is 0.482 e. The van der Waals surface area contributed by atoms with Gasteiger partial charge in [0.2, 0.25) is 0 Å². The van der Waals surface area contributed by atoms with Crippen LogP contribution in [-0.2, 0) is 0 Å². The zero-order chi connectivity index (χ0) is 15.6. The summed E-state index contributed by atoms with van der Waals surface area (Å²) in [6, 6.07) is 4.32. The smallest absolute Gasteiger partial charge is 0.166 e. The molecule has 1 heterocycles. The first-order chi connectivity index (χ1) is 9.93. The highest BCUT2D eigenvalue weighted by Crippen LogP contribution is 2.35. The molecule has 2 aromatic rings. The summed E-state index contributed by atoms with van der Waals surface area (Å²) in [6.45, 7) is 5.35. The fraction of sp³-hybridized carbons (Fsp3) is 0.133. The second-order valence-electron chi connectivity index (χ2n) is 4.37. The lowest BCUT2D eigenvalue weighted by Gasteiger charge is -2.19. The van der Waals surface area contributed by atoms with Crippen LogP contribution in [0.25, 0.3) is 6.08 Å². The van der Waals surface area contributed by atoms with Gasteiger partial charge in [-0.3, -0.25) is 0 Å². The van der Waals surface area contributed by atoms with Gasteiger partial charge in [0.05, 0.1) is 5.02 Å². The maximum absolute atomic E-state index is 13.6. The molecule has 1 unspecified atom stereocenters. The number of halogens is 3. The average molecular weight is 327 g/mol. The van der Waals surface area contributed by atoms with E-state index in [0.717, 1.165) is 5.56 Å². The van der Waals surface area contributed by atoms with Gasteiger partial charge in [0.15, 0.2) is 11.6 Å². The number of pyridine rings is 1. The molecule has 0 aliphatic heterocycles. The van der Waals surface area contributed by atoms with Crippen LogP contribution in [0, 0.1) is 5.82 Å². The first-order valence-corrected chi connectivity index (χ1v) is 6.87. The van der Waals surface area contributed by atoms with Crippen molar-refractivity contribution in [3.05, 3.63) is 58.0 Å². The van der Waals surface area contributed by atoms with Crippen molar-refractivity contribution in [1.29, 1.82) is 0 Å². The third-order valence-electron chi connectivity index (χ3n) is 2.93. The number of nitrogen functional groups attached to an aromatic ring is 1. The highest BCUT2D eigenvalue weighted by Gasteiger charge is 2.19. The van der Waals surface area contributed by atoms with E-state index in [1.54, 1.807) is 25.3 Å². The molecule has 0 aliphatic carbocycles. The molecular weight excluding hydrogens is 314 g/mol. The van der Waals surface area contributed by atoms with Crippen LogP contribution >= 0.6 is 23.2 Å². The summed E-state index contributed by atoms with van der Waals surface area (Å²) in [5.74, 6) is 0.0184. The third kappa shape index (κ3) is 3.28. The molecule has 1 atom stereocenters. The van der Waals surface area contributed by atoms with Gasteiger partial charge in [-0.1, -0.05) is 35.9 Å². The topological polar surface area (TPSA) is 48.1 Å². The molecule has 1 aromatic heterocycles. The fourth-order valence-corrected chi connectivity index (χ4v) is 2.52. The second kappa shape index (κ2) is 6.33. The minimum absolute atomic E-state index is 0.0681. The van der Waals surface area contributed by atoms with Crippen molar-refractivity contribution in [3.8, 4) is 5.75 Å². The van der Waals surface area contributed by atoms with E-state index in [1.165, 1.54) is 12.1 Å². The number of nitrogens with zero attached hydrogens (tertiary/aromatic N) is 1. The molecule has 0 radical (unpaired) electrons. The van der Waals surface area contributed by atoms with Crippen LogP contribution in [0.3, 0.4) is 0 Å². The first-order valence-electron chi connectivity index (χ1n) is 6.12. The number of hydrogen-bond acceptors (Lipinski definition) is 3. The van der Waals surface area contributed by atoms with Crippen LogP contribution in [-0.4, -0.2) is 4.98 Å². The Balaban J connectivity index is 2.36. The Labute approximate surface area is 132 Å². The van der Waals surface area contributed by atoms with Crippen molar-refractivity contribution < 1.29 is 9.13 Å². The summed E-state index contributed by atoms with van der Waals surface area (Å²) in [4.78, 5) is 4.00. The highest BCUT2D eigenvalue weighted by atomic mass is 35.5. The van der Waals surface area contributed by atoms with E-state index in [2.05, 4.69) is 11.6 Å². The highest BCUT2D eigenvalue weighted by molar-refractivity contribution is 6.36. The molecule has 0 saturated heterocycles. The second-order valence-corrected chi connectivity index (χ2v) is 5.16. The fourth-order valence-electron chi connectivity index (χ4n) is 1.84. The van der Waals surface area contributed by atoms with Crippen molar-refractivity contribution >= 4 is 35.1 Å². The Bertz CT molecular complexity index is 692. The van der Waals surface area contributed by atoms with Crippen LogP contribution in [0.4, 0.5) is 10.2 Å². The van der Waals surface area contributed by atoms with E-state index in [4.69, 9.17) is 33.7 Å². The van der Waals surface area contributed by atoms with Crippen molar-refractivity contribution in [2.24, 2.45) is 0 Å². The van der Waals surface area contributed by atoms with Crippen molar-refractivity contribution in [2.75, 3.05) is 5.73 Å². The predicted molar refractivity (Wildman–Crippen MR) is 84.2 cm³/mol. The van der Waals surface area contributed by atoms with Crippen LogP contribution in [0.15, 0.2) is 31.0 Å². The van der Waals surface area contributed by atoms with Crippen molar-refractivity contribution in [2.45, 2.75) is 13.0 Å². The lowest BCUT2D eigenvalue weighted by molar-refractivity contribution is 0.227. The molecule has 6 heteroatoms. The molecular formula is C15H13Cl2FN2O. The summed E-state index contributed by atoms with van der Waals surface area (Å²) < 4.78 is 19.3. The quantitative estimate of drug-likeness (QED) is 0.813. The minimum Gasteiger partial charge on any atom is -0.482 e. The van der Waals surface area contributed by atoms with E-state index >= 15 is 0 Å². The zero-order valence-electron chi connectivity index (χ0n) is 11.2. The monoisotopic (exact) mass is 326 g/mol. The number of anilines is 1. The van der Waals surface area contributed by atoms with E-state index in [-0.39, 0.29) is 10.8 Å². The number of aromatic nitrogens is 1. The van der Waals surface area contributed by atoms with Crippen LogP contribution in [0.2, 0.25) is 10.0 Å². The minimum atomic E-state index is -0.593. The van der Waals surface area contributed by atoms with Gasteiger partial charge >= 0.3 is 0 Å². The number of rotatable bonds is 4. The molecule has 0 fully saturated rings. The first kappa shape index (κ1) is 15.6. The third-order valence-corrected chi connectivity index (χ3v) is 3.64. The molecule has 3 nitrogen and oxygen atoms in total. The van der Waals surface area contributed by atoms with E-state index in [0.29, 0.717) is 16.3 Å². The normalized spacial score (nSPS) is 12.0. The molecule has 0 amide bonds. The molecule has 0 aliphatic rings. The molecule has 1 aromatic carbocycles. The standard InChI is InChI=1S/C15H13Cl2FN2O/c1-3-9-6-12(15(19)20-7-9)21-8(2)13-10(16)4-5-11(18)14(13)17/h3-8H,1H2,2H3,(H2,19,20). The summed E-state index contributed by atoms with van der Waals surface area (Å²) in [5.41, 5.74) is 6.88. The molecule has 0 bridgehead atoms. The van der Waals surface area contributed by atoms with Gasteiger partial charge in [-0.05, 0) is 30.7 Å². The van der Waals surface area contributed by atoms with Gasteiger partial charge in [-0.15, -0.1) is 0 Å². The summed E-state index contributed by atoms with van der Waals surface area (Å²) >= 11 is 12.0. The SMILES string of the molecule is C=Cc1cnc(N)c(OC(C)c2c(Cl)ccc(F)c2Cl)c1. The number of ether oxygens (including phenoxy) is 1. The summed E-state index contributed by atoms with van der Waals surface area (Å²) in [5, 5.41) is 0.252. The number of nitrogens with two attached hydrogens (primary N) is 1. The van der Waals surface area contributed by atoms with E-state index < -0.39 is 11.9 Å². The average Bonchev–Trinajstić information content (AvgIpc) is 2.46. The molecule has 0 saturated carbocycles. The Morgan fingerprint density at radius 2 is 2.14 bits per heavy atom. The molecule has 110 valence electrons. The van der Waals surface area contributed by atoms with E-state index in [9.17, 15) is 4.39 Å². The predicted octanol–water partition coefficient (Wildman–Crippen LogP) is 4.89. The molecule has 0 spiro atoms. The summed E-state index contributed by atoms with van der Waals surface area (Å²) in [7, 11) is 0. The molecule has 2 rings (SSSR count). The Kier molecular flexibility index (Phi) is 4.70.